The molecular weight excluding hydrogens is 302 g/mol. The topological polar surface area (TPSA) is 12.5 Å². The minimum Gasteiger partial charge on any atom is -0.269 e. The predicted molar refractivity (Wildman–Crippen MR) is 79.0 cm³/mol. The first kappa shape index (κ1) is 11.5. The quantitative estimate of drug-likeness (QED) is 0.779. The number of halogens is 1. The van der Waals surface area contributed by atoms with Crippen LogP contribution in [0.3, 0.4) is 0 Å². The number of benzene rings is 2. The van der Waals surface area contributed by atoms with Gasteiger partial charge in [-0.2, -0.15) is 0 Å². The second kappa shape index (κ2) is 4.36. The molecule has 0 N–H and O–H groups in total. The molecule has 2 heterocycles. The number of fused-ring (bicyclic) bond motifs is 4. The molecule has 2 aromatic rings. The van der Waals surface area contributed by atoms with Crippen LogP contribution in [0.25, 0.3) is 0 Å². The van der Waals surface area contributed by atoms with Crippen molar-refractivity contribution in [1.29, 1.82) is 0 Å². The van der Waals surface area contributed by atoms with E-state index in [2.05, 4.69) is 69.5 Å². The van der Waals surface area contributed by atoms with Crippen molar-refractivity contribution in [3.63, 3.8) is 0 Å². The van der Waals surface area contributed by atoms with Gasteiger partial charge in [-0.15, -0.1) is 0 Å². The first-order valence-corrected chi connectivity index (χ1v) is 7.40. The molecule has 1 fully saturated rings. The second-order valence-corrected chi connectivity index (χ2v) is 6.11. The molecule has 2 atom stereocenters. The highest BCUT2D eigenvalue weighted by Crippen LogP contribution is 2.45. The van der Waals surface area contributed by atoms with Gasteiger partial charge in [-0.3, -0.25) is 4.84 Å². The van der Waals surface area contributed by atoms with Crippen LogP contribution in [0.5, 0.6) is 0 Å². The number of hydrogen-bond donors (Lipinski definition) is 0. The Kier molecular flexibility index (Phi) is 2.64. The lowest BCUT2D eigenvalue weighted by Gasteiger charge is -2.30. The molecule has 0 aromatic heterocycles. The van der Waals surface area contributed by atoms with Crippen molar-refractivity contribution >= 4 is 21.6 Å². The molecule has 4 rings (SSSR count). The van der Waals surface area contributed by atoms with Crippen molar-refractivity contribution in [2.75, 3.05) is 5.06 Å². The third kappa shape index (κ3) is 1.88. The van der Waals surface area contributed by atoms with Crippen molar-refractivity contribution < 1.29 is 4.84 Å². The van der Waals surface area contributed by atoms with Gasteiger partial charge in [0.15, 0.2) is 0 Å². The number of anilines is 1. The molecule has 0 unspecified atom stereocenters. The first-order valence-electron chi connectivity index (χ1n) is 6.60. The van der Waals surface area contributed by atoms with Crippen LogP contribution in [-0.4, -0.2) is 6.10 Å². The molecule has 19 heavy (non-hydrogen) atoms. The van der Waals surface area contributed by atoms with E-state index in [4.69, 9.17) is 4.84 Å². The Labute approximate surface area is 121 Å². The van der Waals surface area contributed by atoms with Crippen molar-refractivity contribution in [1.82, 2.24) is 0 Å². The van der Waals surface area contributed by atoms with Crippen LogP contribution in [-0.2, 0) is 11.3 Å². The average Bonchev–Trinajstić information content (AvgIpc) is 2.78. The summed E-state index contributed by atoms with van der Waals surface area (Å²) >= 11 is 3.55. The molecule has 2 aliphatic heterocycles. The van der Waals surface area contributed by atoms with Crippen molar-refractivity contribution in [2.45, 2.75) is 25.0 Å². The third-order valence-electron chi connectivity index (χ3n) is 3.94. The van der Waals surface area contributed by atoms with Crippen LogP contribution >= 0.6 is 15.9 Å². The van der Waals surface area contributed by atoms with Gasteiger partial charge in [-0.25, -0.2) is 5.06 Å². The Morgan fingerprint density at radius 1 is 1.11 bits per heavy atom. The van der Waals surface area contributed by atoms with Gasteiger partial charge in [-0.05, 0) is 29.3 Å². The fraction of sp³-hybridized carbons (Fsp3) is 0.250. The van der Waals surface area contributed by atoms with Gasteiger partial charge < -0.3 is 0 Å². The van der Waals surface area contributed by atoms with E-state index in [9.17, 15) is 0 Å². The van der Waals surface area contributed by atoms with Gasteiger partial charge in [0, 0.05) is 17.3 Å². The molecule has 1 saturated heterocycles. The normalized spacial score (nSPS) is 24.4. The zero-order valence-electron chi connectivity index (χ0n) is 10.4. The summed E-state index contributed by atoms with van der Waals surface area (Å²) in [6.07, 6.45) is 2.39. The van der Waals surface area contributed by atoms with Crippen molar-refractivity contribution in [3.05, 3.63) is 64.1 Å². The summed E-state index contributed by atoms with van der Waals surface area (Å²) in [6.45, 7) is 0. The summed E-state index contributed by atoms with van der Waals surface area (Å²) in [7, 11) is 0. The predicted octanol–water partition coefficient (Wildman–Crippen LogP) is 4.26. The molecule has 2 aliphatic rings. The Hall–Kier alpha value is -1.32. The summed E-state index contributed by atoms with van der Waals surface area (Å²) in [5, 5.41) is 2.10. The van der Waals surface area contributed by atoms with Crippen LogP contribution in [0, 0.1) is 0 Å². The monoisotopic (exact) mass is 315 g/mol. The van der Waals surface area contributed by atoms with E-state index in [-0.39, 0.29) is 0 Å². The number of hydrogen-bond acceptors (Lipinski definition) is 2. The van der Waals surface area contributed by atoms with Gasteiger partial charge in [0.2, 0.25) is 0 Å². The van der Waals surface area contributed by atoms with Crippen molar-refractivity contribution in [3.8, 4) is 0 Å². The maximum absolute atomic E-state index is 6.05. The average molecular weight is 316 g/mol. The Morgan fingerprint density at radius 3 is 2.79 bits per heavy atom. The Bertz CT molecular complexity index is 613. The molecule has 0 spiro atoms. The van der Waals surface area contributed by atoms with Crippen LogP contribution in [0.1, 0.15) is 23.6 Å². The minimum absolute atomic E-state index is 0.312. The molecule has 0 saturated carbocycles. The molecular formula is C16H14BrNO. The molecule has 2 bridgehead atoms. The van der Waals surface area contributed by atoms with Crippen LogP contribution in [0.15, 0.2) is 53.0 Å². The number of hydroxylamine groups is 1. The highest BCUT2D eigenvalue weighted by molar-refractivity contribution is 9.10. The Morgan fingerprint density at radius 2 is 1.95 bits per heavy atom. The fourth-order valence-corrected chi connectivity index (χ4v) is 3.50. The molecule has 0 radical (unpaired) electrons. The van der Waals surface area contributed by atoms with Gasteiger partial charge in [-0.1, -0.05) is 46.3 Å². The molecule has 2 nitrogen and oxygen atoms in total. The molecule has 2 aromatic carbocycles. The summed E-state index contributed by atoms with van der Waals surface area (Å²) in [5.74, 6) is 0. The largest absolute Gasteiger partial charge is 0.269 e. The summed E-state index contributed by atoms with van der Waals surface area (Å²) < 4.78 is 1.14. The van der Waals surface area contributed by atoms with E-state index in [1.54, 1.807) is 0 Å². The van der Waals surface area contributed by atoms with E-state index >= 15 is 0 Å². The smallest absolute Gasteiger partial charge is 0.0921 e. The van der Waals surface area contributed by atoms with E-state index in [1.807, 2.05) is 0 Å². The third-order valence-corrected chi connectivity index (χ3v) is 4.44. The molecule has 3 heteroatoms. The SMILES string of the molecule is Brc1ccc2c(c1)C[C@H]1C[C@@H](c3ccccc3)N2O1. The summed E-state index contributed by atoms with van der Waals surface area (Å²) in [5.41, 5.74) is 3.93. The van der Waals surface area contributed by atoms with E-state index in [0.29, 0.717) is 12.1 Å². The van der Waals surface area contributed by atoms with Crippen LogP contribution in [0.4, 0.5) is 5.69 Å². The number of rotatable bonds is 1. The lowest BCUT2D eigenvalue weighted by Crippen LogP contribution is -2.27. The Balaban J connectivity index is 1.77. The zero-order chi connectivity index (χ0) is 12.8. The van der Waals surface area contributed by atoms with E-state index in [0.717, 1.165) is 17.3 Å². The summed E-state index contributed by atoms with van der Waals surface area (Å²) in [4.78, 5) is 6.05. The van der Waals surface area contributed by atoms with Gasteiger partial charge >= 0.3 is 0 Å². The van der Waals surface area contributed by atoms with E-state index < -0.39 is 0 Å². The van der Waals surface area contributed by atoms with E-state index in [1.165, 1.54) is 16.8 Å². The van der Waals surface area contributed by atoms with Crippen LogP contribution < -0.4 is 5.06 Å². The lowest BCUT2D eigenvalue weighted by atomic mass is 10.0. The zero-order valence-corrected chi connectivity index (χ0v) is 12.0. The highest BCUT2D eigenvalue weighted by Gasteiger charge is 2.39. The van der Waals surface area contributed by atoms with Crippen LogP contribution in [0.2, 0.25) is 0 Å². The first-order chi connectivity index (χ1) is 9.31. The highest BCUT2D eigenvalue weighted by atomic mass is 79.9. The summed E-state index contributed by atoms with van der Waals surface area (Å²) in [6, 6.07) is 17.4. The van der Waals surface area contributed by atoms with Gasteiger partial charge in [0.25, 0.3) is 0 Å². The molecule has 0 aliphatic carbocycles. The van der Waals surface area contributed by atoms with Gasteiger partial charge in [0.1, 0.15) is 0 Å². The fourth-order valence-electron chi connectivity index (χ4n) is 3.09. The van der Waals surface area contributed by atoms with Gasteiger partial charge in [0.05, 0.1) is 17.8 Å². The van der Waals surface area contributed by atoms with Crippen molar-refractivity contribution in [2.24, 2.45) is 0 Å². The second-order valence-electron chi connectivity index (χ2n) is 5.19. The standard InChI is InChI=1S/C16H14BrNO/c17-13-6-7-15-12(8-13)9-14-10-16(18(15)19-14)11-4-2-1-3-5-11/h1-8,14,16H,9-10H2/t14-,16-/m0/s1. The lowest BCUT2D eigenvalue weighted by molar-refractivity contribution is 0.0734. The number of nitrogens with zero attached hydrogens (tertiary/aromatic N) is 1. The maximum atomic E-state index is 6.05. The minimum atomic E-state index is 0.312. The molecule has 0 amide bonds. The molecule has 96 valence electrons. The maximum Gasteiger partial charge on any atom is 0.0921 e.